The Balaban J connectivity index is 1.82. The first-order valence-corrected chi connectivity index (χ1v) is 7.37. The Morgan fingerprint density at radius 2 is 2.10 bits per heavy atom. The molecular weight excluding hydrogens is 316 g/mol. The maximum atomic E-state index is 12.3. The molecule has 0 bridgehead atoms. The molecule has 0 fully saturated rings. The lowest BCUT2D eigenvalue weighted by molar-refractivity contribution is 0.102. The van der Waals surface area contributed by atoms with E-state index in [9.17, 15) is 4.79 Å². The van der Waals surface area contributed by atoms with Crippen molar-refractivity contribution in [2.45, 2.75) is 13.3 Å². The number of benzene rings is 2. The number of hydrogen-bond donors (Lipinski definition) is 2. The highest BCUT2D eigenvalue weighted by atomic mass is 79.9. The summed E-state index contributed by atoms with van der Waals surface area (Å²) >= 11 is 3.41. The normalized spacial score (nSPS) is 12.7. The van der Waals surface area contributed by atoms with Crippen LogP contribution in [-0.4, -0.2) is 12.5 Å². The van der Waals surface area contributed by atoms with Crippen molar-refractivity contribution in [3.63, 3.8) is 0 Å². The molecule has 2 N–H and O–H groups in total. The van der Waals surface area contributed by atoms with Crippen LogP contribution in [0.4, 0.5) is 11.4 Å². The second-order valence-corrected chi connectivity index (χ2v) is 5.88. The van der Waals surface area contributed by atoms with Crippen molar-refractivity contribution in [3.05, 3.63) is 57.6 Å². The lowest BCUT2D eigenvalue weighted by atomic mass is 10.1. The summed E-state index contributed by atoms with van der Waals surface area (Å²) in [5.41, 5.74) is 4.93. The third-order valence-electron chi connectivity index (χ3n) is 3.51. The van der Waals surface area contributed by atoms with Gasteiger partial charge in [0.2, 0.25) is 0 Å². The Labute approximate surface area is 126 Å². The van der Waals surface area contributed by atoms with Gasteiger partial charge in [-0.05, 0) is 60.9 Å². The molecule has 2 aromatic rings. The minimum absolute atomic E-state index is 0.0686. The number of halogens is 1. The average molecular weight is 331 g/mol. The van der Waals surface area contributed by atoms with Crippen LogP contribution in [0.5, 0.6) is 0 Å². The van der Waals surface area contributed by atoms with Crippen molar-refractivity contribution >= 4 is 33.2 Å². The van der Waals surface area contributed by atoms with Crippen LogP contribution in [-0.2, 0) is 6.42 Å². The van der Waals surface area contributed by atoms with Gasteiger partial charge in [-0.15, -0.1) is 0 Å². The van der Waals surface area contributed by atoms with E-state index in [-0.39, 0.29) is 5.91 Å². The zero-order chi connectivity index (χ0) is 14.1. The molecule has 0 saturated heterocycles. The summed E-state index contributed by atoms with van der Waals surface area (Å²) in [6, 6.07) is 11.7. The first-order chi connectivity index (χ1) is 9.63. The number of rotatable bonds is 2. The van der Waals surface area contributed by atoms with Crippen molar-refractivity contribution in [2.75, 3.05) is 17.2 Å². The fourth-order valence-corrected chi connectivity index (χ4v) is 2.94. The van der Waals surface area contributed by atoms with Gasteiger partial charge in [-0.3, -0.25) is 4.79 Å². The zero-order valence-electron chi connectivity index (χ0n) is 11.2. The van der Waals surface area contributed by atoms with E-state index in [0.717, 1.165) is 28.7 Å². The van der Waals surface area contributed by atoms with Gasteiger partial charge in [-0.1, -0.05) is 15.9 Å². The predicted molar refractivity (Wildman–Crippen MR) is 85.5 cm³/mol. The summed E-state index contributed by atoms with van der Waals surface area (Å²) in [5.74, 6) is -0.0686. The summed E-state index contributed by atoms with van der Waals surface area (Å²) in [7, 11) is 0. The predicted octanol–water partition coefficient (Wildman–Crippen LogP) is 3.98. The van der Waals surface area contributed by atoms with Crippen LogP contribution >= 0.6 is 15.9 Å². The van der Waals surface area contributed by atoms with Crippen molar-refractivity contribution in [1.29, 1.82) is 0 Å². The number of hydrogen-bond acceptors (Lipinski definition) is 2. The van der Waals surface area contributed by atoms with Crippen LogP contribution in [0.2, 0.25) is 0 Å². The number of carbonyl (C=O) groups is 1. The first kappa shape index (κ1) is 13.2. The molecule has 3 nitrogen and oxygen atoms in total. The van der Waals surface area contributed by atoms with Gasteiger partial charge in [0.1, 0.15) is 0 Å². The summed E-state index contributed by atoms with van der Waals surface area (Å²) in [5, 5.41) is 6.28. The molecular formula is C16H15BrN2O. The van der Waals surface area contributed by atoms with E-state index in [2.05, 4.69) is 26.6 Å². The third-order valence-corrected chi connectivity index (χ3v) is 4.00. The van der Waals surface area contributed by atoms with E-state index >= 15 is 0 Å². The highest BCUT2D eigenvalue weighted by molar-refractivity contribution is 9.10. The van der Waals surface area contributed by atoms with Crippen molar-refractivity contribution in [2.24, 2.45) is 0 Å². The van der Waals surface area contributed by atoms with Gasteiger partial charge >= 0.3 is 0 Å². The number of fused-ring (bicyclic) bond motifs is 1. The molecule has 20 heavy (non-hydrogen) atoms. The molecule has 0 radical (unpaired) electrons. The van der Waals surface area contributed by atoms with Gasteiger partial charge in [0.15, 0.2) is 0 Å². The van der Waals surface area contributed by atoms with Gasteiger partial charge < -0.3 is 10.6 Å². The number of amides is 1. The van der Waals surface area contributed by atoms with Crippen LogP contribution in [0.25, 0.3) is 0 Å². The minimum atomic E-state index is -0.0686. The number of nitrogens with one attached hydrogen (secondary N) is 2. The molecule has 0 aliphatic carbocycles. The summed E-state index contributed by atoms with van der Waals surface area (Å²) < 4.78 is 0.982. The van der Waals surface area contributed by atoms with Crippen LogP contribution in [0.3, 0.4) is 0 Å². The van der Waals surface area contributed by atoms with E-state index in [1.165, 1.54) is 11.3 Å². The SMILES string of the molecule is Cc1cc(Br)ccc1C(=O)Nc1ccc2c(c1)CCN2. The average Bonchev–Trinajstić information content (AvgIpc) is 2.85. The Kier molecular flexibility index (Phi) is 3.49. The smallest absolute Gasteiger partial charge is 0.255 e. The molecule has 1 aliphatic heterocycles. The monoisotopic (exact) mass is 330 g/mol. The second kappa shape index (κ2) is 5.29. The van der Waals surface area contributed by atoms with Gasteiger partial charge in [-0.2, -0.15) is 0 Å². The quantitative estimate of drug-likeness (QED) is 0.874. The molecule has 0 saturated carbocycles. The number of anilines is 2. The summed E-state index contributed by atoms with van der Waals surface area (Å²) in [6.07, 6.45) is 1.01. The molecule has 2 aromatic carbocycles. The second-order valence-electron chi connectivity index (χ2n) is 4.96. The van der Waals surface area contributed by atoms with E-state index in [4.69, 9.17) is 0 Å². The zero-order valence-corrected chi connectivity index (χ0v) is 12.8. The fraction of sp³-hybridized carbons (Fsp3) is 0.188. The molecule has 0 unspecified atom stereocenters. The van der Waals surface area contributed by atoms with Gasteiger partial charge in [0, 0.05) is 28.0 Å². The van der Waals surface area contributed by atoms with Crippen LogP contribution in [0.15, 0.2) is 40.9 Å². The van der Waals surface area contributed by atoms with E-state index in [1.807, 2.05) is 43.3 Å². The highest BCUT2D eigenvalue weighted by Crippen LogP contribution is 2.26. The molecule has 0 atom stereocenters. The summed E-state index contributed by atoms with van der Waals surface area (Å²) in [6.45, 7) is 2.91. The molecule has 0 aromatic heterocycles. The Hall–Kier alpha value is -1.81. The van der Waals surface area contributed by atoms with Crippen molar-refractivity contribution in [1.82, 2.24) is 0 Å². The largest absolute Gasteiger partial charge is 0.384 e. The Morgan fingerprint density at radius 1 is 1.25 bits per heavy atom. The summed E-state index contributed by atoms with van der Waals surface area (Å²) in [4.78, 5) is 12.3. The minimum Gasteiger partial charge on any atom is -0.384 e. The van der Waals surface area contributed by atoms with Gasteiger partial charge in [-0.25, -0.2) is 0 Å². The lowest BCUT2D eigenvalue weighted by Crippen LogP contribution is -2.13. The maximum Gasteiger partial charge on any atom is 0.255 e. The first-order valence-electron chi connectivity index (χ1n) is 6.58. The van der Waals surface area contributed by atoms with E-state index in [1.54, 1.807) is 0 Å². The Bertz CT molecular complexity index is 682. The molecule has 1 heterocycles. The van der Waals surface area contributed by atoms with Gasteiger partial charge in [0.05, 0.1) is 0 Å². The Morgan fingerprint density at radius 3 is 2.90 bits per heavy atom. The standard InChI is InChI=1S/C16H15BrN2O/c1-10-8-12(17)2-4-14(10)16(20)19-13-3-5-15-11(9-13)6-7-18-15/h2-5,8-9,18H,6-7H2,1H3,(H,19,20). The lowest BCUT2D eigenvalue weighted by Gasteiger charge is -2.09. The fourth-order valence-electron chi connectivity index (χ4n) is 2.46. The molecule has 102 valence electrons. The molecule has 0 spiro atoms. The van der Waals surface area contributed by atoms with Crippen LogP contribution in [0, 0.1) is 6.92 Å². The van der Waals surface area contributed by atoms with Crippen LogP contribution in [0.1, 0.15) is 21.5 Å². The molecule has 1 amide bonds. The third kappa shape index (κ3) is 2.56. The van der Waals surface area contributed by atoms with Crippen molar-refractivity contribution < 1.29 is 4.79 Å². The van der Waals surface area contributed by atoms with E-state index < -0.39 is 0 Å². The molecule has 4 heteroatoms. The topological polar surface area (TPSA) is 41.1 Å². The maximum absolute atomic E-state index is 12.3. The molecule has 1 aliphatic rings. The van der Waals surface area contributed by atoms with E-state index in [0.29, 0.717) is 5.56 Å². The highest BCUT2D eigenvalue weighted by Gasteiger charge is 2.13. The molecule has 3 rings (SSSR count). The van der Waals surface area contributed by atoms with Gasteiger partial charge in [0.25, 0.3) is 5.91 Å². The number of carbonyl (C=O) groups excluding carboxylic acids is 1. The van der Waals surface area contributed by atoms with Crippen molar-refractivity contribution in [3.8, 4) is 0 Å². The van der Waals surface area contributed by atoms with Crippen LogP contribution < -0.4 is 10.6 Å². The number of aryl methyl sites for hydroxylation is 1.